The molecule has 0 aromatic heterocycles. The predicted octanol–water partition coefficient (Wildman–Crippen LogP) is 2.82. The molecule has 0 saturated carbocycles. The van der Waals surface area contributed by atoms with Crippen LogP contribution in [0.15, 0.2) is 12.1 Å². The molecule has 15 heavy (non-hydrogen) atoms. The topological polar surface area (TPSA) is 35.2 Å². The molecule has 1 aromatic carbocycles. The highest BCUT2D eigenvalue weighted by Crippen LogP contribution is 2.18. The van der Waals surface area contributed by atoms with Crippen molar-refractivity contribution in [3.8, 4) is 0 Å². The van der Waals surface area contributed by atoms with Gasteiger partial charge in [-0.2, -0.15) is 0 Å². The molecule has 0 spiro atoms. The minimum atomic E-state index is 0.657. The Balaban J connectivity index is 2.60. The molecule has 0 bridgehead atoms. The third-order valence-corrected chi connectivity index (χ3v) is 2.78. The Morgan fingerprint density at radius 2 is 1.67 bits per heavy atom. The average molecular weight is 207 g/mol. The number of rotatable bonds is 5. The van der Waals surface area contributed by atoms with E-state index in [-0.39, 0.29) is 0 Å². The molecule has 0 fully saturated rings. The van der Waals surface area contributed by atoms with Crippen LogP contribution < -0.4 is 5.90 Å². The first kappa shape index (κ1) is 12.2. The highest BCUT2D eigenvalue weighted by atomic mass is 16.6. The van der Waals surface area contributed by atoms with Crippen LogP contribution in [0.3, 0.4) is 0 Å². The van der Waals surface area contributed by atoms with Gasteiger partial charge in [-0.25, -0.2) is 5.90 Å². The van der Waals surface area contributed by atoms with Crippen LogP contribution in [0.25, 0.3) is 0 Å². The van der Waals surface area contributed by atoms with Crippen LogP contribution in [0.5, 0.6) is 0 Å². The van der Waals surface area contributed by atoms with Crippen molar-refractivity contribution < 1.29 is 4.84 Å². The maximum absolute atomic E-state index is 4.99. The molecule has 84 valence electrons. The van der Waals surface area contributed by atoms with Crippen LogP contribution in [-0.2, 0) is 11.3 Å². The molecule has 1 aromatic rings. The van der Waals surface area contributed by atoms with Gasteiger partial charge in [0.1, 0.15) is 0 Å². The van der Waals surface area contributed by atoms with Gasteiger partial charge >= 0.3 is 0 Å². The molecule has 2 N–H and O–H groups in total. The van der Waals surface area contributed by atoms with E-state index in [0.717, 1.165) is 19.3 Å². The summed E-state index contributed by atoms with van der Waals surface area (Å²) in [6, 6.07) is 4.50. The first-order chi connectivity index (χ1) is 7.15. The number of aryl methyl sites for hydroxylation is 3. The highest BCUT2D eigenvalue weighted by molar-refractivity contribution is 5.37. The molecule has 0 unspecified atom stereocenters. The summed E-state index contributed by atoms with van der Waals surface area (Å²) < 4.78 is 0. The van der Waals surface area contributed by atoms with Crippen molar-refractivity contribution in [2.24, 2.45) is 5.90 Å². The zero-order valence-corrected chi connectivity index (χ0v) is 9.97. The van der Waals surface area contributed by atoms with Crippen molar-refractivity contribution in [2.75, 3.05) is 6.61 Å². The fourth-order valence-corrected chi connectivity index (χ4v) is 2.09. The molecular weight excluding hydrogens is 186 g/mol. The van der Waals surface area contributed by atoms with Crippen LogP contribution in [0.4, 0.5) is 0 Å². The molecule has 2 heteroatoms. The second kappa shape index (κ2) is 5.89. The van der Waals surface area contributed by atoms with Crippen molar-refractivity contribution in [2.45, 2.75) is 40.0 Å². The summed E-state index contributed by atoms with van der Waals surface area (Å²) in [6.07, 6.45) is 3.30. The monoisotopic (exact) mass is 207 g/mol. The zero-order chi connectivity index (χ0) is 11.3. The molecule has 0 atom stereocenters. The van der Waals surface area contributed by atoms with Crippen molar-refractivity contribution >= 4 is 0 Å². The Morgan fingerprint density at radius 3 is 2.20 bits per heavy atom. The standard InChI is InChI=1S/C13H21NO/c1-10-8-11(2)13(12(3)9-10)6-4-5-7-15-14/h8-9H,4-7,14H2,1-3H3. The first-order valence-electron chi connectivity index (χ1n) is 5.53. The van der Waals surface area contributed by atoms with Gasteiger partial charge in [0, 0.05) is 0 Å². The van der Waals surface area contributed by atoms with Gasteiger partial charge in [-0.1, -0.05) is 17.7 Å². The molecule has 0 amide bonds. The smallest absolute Gasteiger partial charge is 0.0679 e. The van der Waals surface area contributed by atoms with Gasteiger partial charge in [-0.15, -0.1) is 0 Å². The van der Waals surface area contributed by atoms with Crippen molar-refractivity contribution in [1.82, 2.24) is 0 Å². The van der Waals surface area contributed by atoms with E-state index in [2.05, 4.69) is 37.7 Å². The predicted molar refractivity (Wildman–Crippen MR) is 63.7 cm³/mol. The van der Waals surface area contributed by atoms with E-state index in [1.165, 1.54) is 22.3 Å². The number of benzene rings is 1. The van der Waals surface area contributed by atoms with Crippen LogP contribution in [0, 0.1) is 20.8 Å². The molecule has 2 nitrogen and oxygen atoms in total. The van der Waals surface area contributed by atoms with Crippen LogP contribution in [0.1, 0.15) is 35.1 Å². The maximum atomic E-state index is 4.99. The first-order valence-corrected chi connectivity index (χ1v) is 5.53. The summed E-state index contributed by atoms with van der Waals surface area (Å²) >= 11 is 0. The van der Waals surface area contributed by atoms with Gasteiger partial charge in [0.05, 0.1) is 6.61 Å². The van der Waals surface area contributed by atoms with E-state index in [1.807, 2.05) is 0 Å². The van der Waals surface area contributed by atoms with Gasteiger partial charge in [0.2, 0.25) is 0 Å². The summed E-state index contributed by atoms with van der Waals surface area (Å²) in [7, 11) is 0. The highest BCUT2D eigenvalue weighted by Gasteiger charge is 2.03. The second-order valence-electron chi connectivity index (χ2n) is 4.21. The molecular formula is C13H21NO. The summed E-state index contributed by atoms with van der Waals surface area (Å²) in [5.41, 5.74) is 5.64. The Labute approximate surface area is 92.4 Å². The van der Waals surface area contributed by atoms with Gasteiger partial charge in [-0.05, 0) is 56.7 Å². The normalized spacial score (nSPS) is 10.7. The van der Waals surface area contributed by atoms with Crippen molar-refractivity contribution in [1.29, 1.82) is 0 Å². The Morgan fingerprint density at radius 1 is 1.07 bits per heavy atom. The van der Waals surface area contributed by atoms with Gasteiger partial charge in [0.25, 0.3) is 0 Å². The Kier molecular flexibility index (Phi) is 4.79. The lowest BCUT2D eigenvalue weighted by Crippen LogP contribution is -2.02. The van der Waals surface area contributed by atoms with Gasteiger partial charge in [-0.3, -0.25) is 0 Å². The third-order valence-electron chi connectivity index (χ3n) is 2.78. The number of unbranched alkanes of at least 4 members (excludes halogenated alkanes) is 1. The van der Waals surface area contributed by atoms with Crippen LogP contribution >= 0.6 is 0 Å². The van der Waals surface area contributed by atoms with Crippen LogP contribution in [-0.4, -0.2) is 6.61 Å². The lowest BCUT2D eigenvalue weighted by atomic mass is 9.96. The summed E-state index contributed by atoms with van der Waals surface area (Å²) in [5.74, 6) is 4.99. The minimum absolute atomic E-state index is 0.657. The molecule has 0 aliphatic heterocycles. The van der Waals surface area contributed by atoms with E-state index >= 15 is 0 Å². The summed E-state index contributed by atoms with van der Waals surface area (Å²) in [5, 5.41) is 0. The van der Waals surface area contributed by atoms with Crippen molar-refractivity contribution in [3.63, 3.8) is 0 Å². The molecule has 0 aliphatic rings. The zero-order valence-electron chi connectivity index (χ0n) is 9.97. The Hall–Kier alpha value is -0.860. The number of nitrogens with two attached hydrogens (primary N) is 1. The van der Waals surface area contributed by atoms with E-state index in [1.54, 1.807) is 0 Å². The molecule has 0 saturated heterocycles. The minimum Gasteiger partial charge on any atom is -0.305 e. The van der Waals surface area contributed by atoms with Crippen LogP contribution in [0.2, 0.25) is 0 Å². The maximum Gasteiger partial charge on any atom is 0.0679 e. The summed E-state index contributed by atoms with van der Waals surface area (Å²) in [4.78, 5) is 4.56. The number of hydrogen-bond donors (Lipinski definition) is 1. The SMILES string of the molecule is Cc1cc(C)c(CCCCON)c(C)c1. The number of hydrogen-bond acceptors (Lipinski definition) is 2. The van der Waals surface area contributed by atoms with E-state index < -0.39 is 0 Å². The Bertz CT molecular complexity index is 297. The molecule has 0 radical (unpaired) electrons. The van der Waals surface area contributed by atoms with E-state index in [4.69, 9.17) is 5.90 Å². The fourth-order valence-electron chi connectivity index (χ4n) is 2.09. The lowest BCUT2D eigenvalue weighted by molar-refractivity contribution is 0.134. The van der Waals surface area contributed by atoms with Gasteiger partial charge < -0.3 is 4.84 Å². The molecule has 1 rings (SSSR count). The average Bonchev–Trinajstić information content (AvgIpc) is 2.15. The quantitative estimate of drug-likeness (QED) is 0.595. The largest absolute Gasteiger partial charge is 0.305 e. The van der Waals surface area contributed by atoms with Gasteiger partial charge in [0.15, 0.2) is 0 Å². The lowest BCUT2D eigenvalue weighted by Gasteiger charge is -2.10. The van der Waals surface area contributed by atoms with E-state index in [0.29, 0.717) is 6.61 Å². The third kappa shape index (κ3) is 3.65. The van der Waals surface area contributed by atoms with E-state index in [9.17, 15) is 0 Å². The molecule has 0 heterocycles. The second-order valence-corrected chi connectivity index (χ2v) is 4.21. The summed E-state index contributed by atoms with van der Waals surface area (Å²) in [6.45, 7) is 7.18. The molecule has 0 aliphatic carbocycles. The fraction of sp³-hybridized carbons (Fsp3) is 0.538. The van der Waals surface area contributed by atoms with Crippen molar-refractivity contribution in [3.05, 3.63) is 34.4 Å².